The maximum Gasteiger partial charge on any atom is 0.276 e. The summed E-state index contributed by atoms with van der Waals surface area (Å²) in [5.74, 6) is -2.19. The van der Waals surface area contributed by atoms with E-state index in [2.05, 4.69) is 20.8 Å². The van der Waals surface area contributed by atoms with Crippen LogP contribution in [0.3, 0.4) is 0 Å². The summed E-state index contributed by atoms with van der Waals surface area (Å²) in [6.45, 7) is 0. The van der Waals surface area contributed by atoms with Gasteiger partial charge in [-0.05, 0) is 48.5 Å². The van der Waals surface area contributed by atoms with E-state index < -0.39 is 17.5 Å². The van der Waals surface area contributed by atoms with Crippen LogP contribution in [0.4, 0.5) is 26.0 Å². The van der Waals surface area contributed by atoms with Gasteiger partial charge < -0.3 is 10.6 Å². The highest BCUT2D eigenvalue weighted by molar-refractivity contribution is 6.30. The summed E-state index contributed by atoms with van der Waals surface area (Å²) >= 11 is 5.81. The highest BCUT2D eigenvalue weighted by Gasteiger charge is 2.10. The Balaban J connectivity index is 1.67. The predicted octanol–water partition coefficient (Wildman–Crippen LogP) is 4.40. The minimum atomic E-state index is -1.05. The Kier molecular flexibility index (Phi) is 4.85. The van der Waals surface area contributed by atoms with Crippen molar-refractivity contribution >= 4 is 34.7 Å². The van der Waals surface area contributed by atoms with Gasteiger partial charge in [-0.1, -0.05) is 11.6 Å². The molecule has 0 spiro atoms. The van der Waals surface area contributed by atoms with Gasteiger partial charge in [0.25, 0.3) is 5.91 Å². The summed E-state index contributed by atoms with van der Waals surface area (Å²) in [4.78, 5) is 12.1. The summed E-state index contributed by atoms with van der Waals surface area (Å²) in [6.07, 6.45) is 0. The molecule has 1 amide bonds. The number of benzene rings is 2. The van der Waals surface area contributed by atoms with Crippen LogP contribution in [-0.2, 0) is 0 Å². The van der Waals surface area contributed by atoms with Crippen LogP contribution in [0.15, 0.2) is 54.6 Å². The van der Waals surface area contributed by atoms with Crippen molar-refractivity contribution in [1.82, 2.24) is 10.2 Å². The first-order valence-corrected chi connectivity index (χ1v) is 7.52. The van der Waals surface area contributed by atoms with Gasteiger partial charge in [0.2, 0.25) is 0 Å². The van der Waals surface area contributed by atoms with Gasteiger partial charge in [-0.25, -0.2) is 8.78 Å². The SMILES string of the molecule is O=C(Nc1ccc(F)c(F)c1)c1ccc(Nc2ccc(Cl)cc2)nn1. The van der Waals surface area contributed by atoms with Gasteiger partial charge >= 0.3 is 0 Å². The molecule has 0 aliphatic carbocycles. The Hall–Kier alpha value is -3.06. The molecular weight excluding hydrogens is 350 g/mol. The highest BCUT2D eigenvalue weighted by atomic mass is 35.5. The molecule has 0 aliphatic heterocycles. The number of carbonyl (C=O) groups excluding carboxylic acids is 1. The average Bonchev–Trinajstić information content (AvgIpc) is 2.61. The number of amides is 1. The minimum absolute atomic E-state index is 0.0337. The van der Waals surface area contributed by atoms with Crippen molar-refractivity contribution in [3.8, 4) is 0 Å². The van der Waals surface area contributed by atoms with Gasteiger partial charge in [0.05, 0.1) is 0 Å². The van der Waals surface area contributed by atoms with E-state index in [1.807, 2.05) is 0 Å². The smallest absolute Gasteiger partial charge is 0.276 e. The number of hydrogen-bond donors (Lipinski definition) is 2. The first kappa shape index (κ1) is 16.8. The number of hydrogen-bond acceptors (Lipinski definition) is 4. The summed E-state index contributed by atoms with van der Waals surface area (Å²) in [6, 6.07) is 13.1. The molecule has 1 aromatic heterocycles. The second-order valence-electron chi connectivity index (χ2n) is 5.02. The first-order chi connectivity index (χ1) is 12.0. The molecule has 0 atom stereocenters. The fourth-order valence-corrected chi connectivity index (χ4v) is 2.10. The lowest BCUT2D eigenvalue weighted by molar-refractivity contribution is 0.102. The summed E-state index contributed by atoms with van der Waals surface area (Å²) < 4.78 is 26.0. The lowest BCUT2D eigenvalue weighted by atomic mass is 10.2. The second-order valence-corrected chi connectivity index (χ2v) is 5.46. The van der Waals surface area contributed by atoms with Crippen molar-refractivity contribution < 1.29 is 13.6 Å². The molecule has 0 fully saturated rings. The molecule has 0 bridgehead atoms. The average molecular weight is 361 g/mol. The molecule has 0 unspecified atom stereocenters. The Morgan fingerprint density at radius 3 is 2.24 bits per heavy atom. The van der Waals surface area contributed by atoms with Gasteiger partial charge in [0.1, 0.15) is 0 Å². The molecule has 5 nitrogen and oxygen atoms in total. The highest BCUT2D eigenvalue weighted by Crippen LogP contribution is 2.18. The van der Waals surface area contributed by atoms with Gasteiger partial charge in [-0.3, -0.25) is 4.79 Å². The zero-order valence-corrected chi connectivity index (χ0v) is 13.4. The molecule has 126 valence electrons. The van der Waals surface area contributed by atoms with Crippen LogP contribution < -0.4 is 10.6 Å². The Labute approximate surface area is 146 Å². The Bertz CT molecular complexity index is 902. The monoisotopic (exact) mass is 360 g/mol. The lowest BCUT2D eigenvalue weighted by Gasteiger charge is -2.07. The molecule has 3 rings (SSSR count). The van der Waals surface area contributed by atoms with Crippen molar-refractivity contribution in [1.29, 1.82) is 0 Å². The summed E-state index contributed by atoms with van der Waals surface area (Å²) in [5.41, 5.74) is 0.915. The minimum Gasteiger partial charge on any atom is -0.339 e. The maximum absolute atomic E-state index is 13.1. The van der Waals surface area contributed by atoms with E-state index in [-0.39, 0.29) is 11.4 Å². The van der Waals surface area contributed by atoms with Crippen LogP contribution >= 0.6 is 11.6 Å². The standard InChI is InChI=1S/C17H11ClF2N4O/c18-10-1-3-11(4-2-10)21-16-8-7-15(23-24-16)17(25)22-12-5-6-13(19)14(20)9-12/h1-9H,(H,21,24)(H,22,25). The van der Waals surface area contributed by atoms with Crippen molar-refractivity contribution in [2.45, 2.75) is 0 Å². The number of nitrogens with one attached hydrogen (secondary N) is 2. The zero-order chi connectivity index (χ0) is 17.8. The van der Waals surface area contributed by atoms with E-state index in [0.29, 0.717) is 10.8 Å². The number of aromatic nitrogens is 2. The molecule has 2 N–H and O–H groups in total. The van der Waals surface area contributed by atoms with Crippen LogP contribution in [0.5, 0.6) is 0 Å². The zero-order valence-electron chi connectivity index (χ0n) is 12.6. The van der Waals surface area contributed by atoms with Gasteiger partial charge in [-0.2, -0.15) is 0 Å². The van der Waals surface area contributed by atoms with Crippen molar-refractivity contribution in [3.63, 3.8) is 0 Å². The Morgan fingerprint density at radius 2 is 1.60 bits per heavy atom. The third-order valence-corrected chi connectivity index (χ3v) is 3.44. The molecule has 8 heteroatoms. The number of carbonyl (C=O) groups is 1. The molecular formula is C17H11ClF2N4O. The fourth-order valence-electron chi connectivity index (χ4n) is 1.97. The first-order valence-electron chi connectivity index (χ1n) is 7.14. The van der Waals surface area contributed by atoms with Crippen LogP contribution in [0.1, 0.15) is 10.5 Å². The van der Waals surface area contributed by atoms with Crippen molar-refractivity contribution in [3.05, 3.63) is 76.9 Å². The normalized spacial score (nSPS) is 10.4. The quantitative estimate of drug-likeness (QED) is 0.723. The maximum atomic E-state index is 13.1. The van der Waals surface area contributed by atoms with Gasteiger partial charge in [0.15, 0.2) is 23.1 Å². The van der Waals surface area contributed by atoms with E-state index in [1.54, 1.807) is 30.3 Å². The molecule has 2 aromatic carbocycles. The predicted molar refractivity (Wildman–Crippen MR) is 91.1 cm³/mol. The van der Waals surface area contributed by atoms with Crippen LogP contribution in [0.2, 0.25) is 5.02 Å². The Morgan fingerprint density at radius 1 is 0.880 bits per heavy atom. The lowest BCUT2D eigenvalue weighted by Crippen LogP contribution is -2.14. The van der Waals surface area contributed by atoms with Crippen molar-refractivity contribution in [2.75, 3.05) is 10.6 Å². The summed E-state index contributed by atoms with van der Waals surface area (Å²) in [5, 5.41) is 13.7. The van der Waals surface area contributed by atoms with Crippen LogP contribution in [-0.4, -0.2) is 16.1 Å². The van der Waals surface area contributed by atoms with Gasteiger partial charge in [0, 0.05) is 22.5 Å². The van der Waals surface area contributed by atoms with Crippen LogP contribution in [0.25, 0.3) is 0 Å². The molecule has 25 heavy (non-hydrogen) atoms. The third-order valence-electron chi connectivity index (χ3n) is 3.19. The topological polar surface area (TPSA) is 66.9 Å². The molecule has 0 saturated carbocycles. The molecule has 0 radical (unpaired) electrons. The van der Waals surface area contributed by atoms with Crippen molar-refractivity contribution in [2.24, 2.45) is 0 Å². The van der Waals surface area contributed by atoms with E-state index in [4.69, 9.17) is 11.6 Å². The van der Waals surface area contributed by atoms with E-state index in [9.17, 15) is 13.6 Å². The van der Waals surface area contributed by atoms with Gasteiger partial charge in [-0.15, -0.1) is 10.2 Å². The fraction of sp³-hybridized carbons (Fsp3) is 0. The van der Waals surface area contributed by atoms with E-state index >= 15 is 0 Å². The largest absolute Gasteiger partial charge is 0.339 e. The number of rotatable bonds is 4. The number of halogens is 3. The molecule has 3 aromatic rings. The molecule has 1 heterocycles. The third kappa shape index (κ3) is 4.27. The van der Waals surface area contributed by atoms with E-state index in [1.165, 1.54) is 12.1 Å². The number of nitrogens with zero attached hydrogens (tertiary/aromatic N) is 2. The van der Waals surface area contributed by atoms with Crippen LogP contribution in [0, 0.1) is 11.6 Å². The second kappa shape index (κ2) is 7.23. The summed E-state index contributed by atoms with van der Waals surface area (Å²) in [7, 11) is 0. The number of anilines is 3. The molecule has 0 aliphatic rings. The molecule has 0 saturated heterocycles. The van der Waals surface area contributed by atoms with E-state index in [0.717, 1.165) is 17.8 Å².